The maximum absolute atomic E-state index is 13.1. The minimum Gasteiger partial charge on any atom is -0.380 e. The molecule has 5 rings (SSSR count). The third-order valence-corrected chi connectivity index (χ3v) is 6.93. The maximum Gasteiger partial charge on any atom is 0.270 e. The van der Waals surface area contributed by atoms with Crippen LogP contribution >= 0.6 is 0 Å². The van der Waals surface area contributed by atoms with Crippen molar-refractivity contribution in [2.45, 2.75) is 31.1 Å². The van der Waals surface area contributed by atoms with Gasteiger partial charge in [0.05, 0.1) is 24.4 Å². The van der Waals surface area contributed by atoms with E-state index in [9.17, 15) is 10.1 Å². The molecule has 0 amide bonds. The average Bonchev–Trinajstić information content (AvgIpc) is 3.02. The Morgan fingerprint density at radius 1 is 1.00 bits per heavy atom. The summed E-state index contributed by atoms with van der Waals surface area (Å²) in [6, 6.07) is 19.2. The summed E-state index contributed by atoms with van der Waals surface area (Å²) in [5, 5.41) is 10.9. The number of hydrogen-bond acceptors (Lipinski definition) is 4. The van der Waals surface area contributed by atoms with E-state index in [0.29, 0.717) is 11.8 Å². The Balaban J connectivity index is 1.56. The van der Waals surface area contributed by atoms with Crippen LogP contribution in [0.5, 0.6) is 0 Å². The number of aryl methyl sites for hydroxylation is 1. The molecule has 1 aromatic heterocycles. The van der Waals surface area contributed by atoms with Crippen LogP contribution in [0.1, 0.15) is 47.8 Å². The zero-order chi connectivity index (χ0) is 21.4. The predicted octanol–water partition coefficient (Wildman–Crippen LogP) is 4.30. The number of rotatable bonds is 3. The lowest BCUT2D eigenvalue weighted by Crippen LogP contribution is -2.30. The Morgan fingerprint density at radius 2 is 1.81 bits per heavy atom. The molecule has 31 heavy (non-hydrogen) atoms. The number of pyridine rings is 1. The van der Waals surface area contributed by atoms with Gasteiger partial charge in [-0.05, 0) is 42.4 Å². The van der Waals surface area contributed by atoms with E-state index in [4.69, 9.17) is 4.74 Å². The Labute approximate surface area is 182 Å². The number of nitrogens with zero attached hydrogens (tertiary/aromatic N) is 3. The van der Waals surface area contributed by atoms with Crippen molar-refractivity contribution < 1.29 is 4.74 Å². The molecule has 5 heteroatoms. The highest BCUT2D eigenvalue weighted by Crippen LogP contribution is 2.35. The van der Waals surface area contributed by atoms with E-state index in [2.05, 4.69) is 59.5 Å². The summed E-state index contributed by atoms with van der Waals surface area (Å²) >= 11 is 0. The lowest BCUT2D eigenvalue weighted by atomic mass is 9.92. The highest BCUT2D eigenvalue weighted by atomic mass is 16.5. The van der Waals surface area contributed by atoms with Crippen molar-refractivity contribution in [2.75, 3.05) is 31.2 Å². The second-order valence-corrected chi connectivity index (χ2v) is 8.74. The molecule has 158 valence electrons. The first-order valence-electron chi connectivity index (χ1n) is 11.1. The molecule has 0 N–H and O–H groups in total. The molecular formula is C26H27N3O2. The van der Waals surface area contributed by atoms with Gasteiger partial charge in [-0.3, -0.25) is 4.79 Å². The molecule has 0 saturated carbocycles. The summed E-state index contributed by atoms with van der Waals surface area (Å²) in [6.07, 6.45) is 3.18. The summed E-state index contributed by atoms with van der Waals surface area (Å²) in [6.45, 7) is 3.17. The Morgan fingerprint density at radius 3 is 2.52 bits per heavy atom. The van der Waals surface area contributed by atoms with Crippen molar-refractivity contribution >= 4 is 16.6 Å². The number of anilines is 1. The molecule has 0 radical (unpaired) electrons. The first-order valence-corrected chi connectivity index (χ1v) is 11.1. The van der Waals surface area contributed by atoms with Gasteiger partial charge < -0.3 is 14.2 Å². The highest BCUT2D eigenvalue weighted by Gasteiger charge is 2.26. The minimum atomic E-state index is -0.212. The quantitative estimate of drug-likeness (QED) is 0.642. The van der Waals surface area contributed by atoms with Crippen LogP contribution in [0.3, 0.4) is 0 Å². The SMILES string of the molecule is Cn1c(=O)c(C#N)c(N2CCCC(c3ccccc3)CC2)c2ccc(C3COC3)cc21. The minimum absolute atomic E-state index is 0.212. The van der Waals surface area contributed by atoms with Crippen molar-refractivity contribution in [3.05, 3.63) is 75.6 Å². The number of nitriles is 1. The second-order valence-electron chi connectivity index (χ2n) is 8.74. The van der Waals surface area contributed by atoms with Crippen LogP contribution in [0.25, 0.3) is 10.9 Å². The molecule has 0 spiro atoms. The number of benzene rings is 2. The first-order chi connectivity index (χ1) is 15.2. The average molecular weight is 414 g/mol. The van der Waals surface area contributed by atoms with Crippen molar-refractivity contribution in [2.24, 2.45) is 7.05 Å². The van der Waals surface area contributed by atoms with Crippen LogP contribution < -0.4 is 10.5 Å². The lowest BCUT2D eigenvalue weighted by Gasteiger charge is -2.28. The summed E-state index contributed by atoms with van der Waals surface area (Å²) in [4.78, 5) is 15.4. The summed E-state index contributed by atoms with van der Waals surface area (Å²) in [5.74, 6) is 0.906. The zero-order valence-electron chi connectivity index (χ0n) is 17.9. The van der Waals surface area contributed by atoms with Crippen LogP contribution in [0, 0.1) is 11.3 Å². The third-order valence-electron chi connectivity index (χ3n) is 6.93. The van der Waals surface area contributed by atoms with Crippen molar-refractivity contribution in [1.82, 2.24) is 4.57 Å². The third kappa shape index (κ3) is 3.51. The topological polar surface area (TPSA) is 58.3 Å². The fourth-order valence-corrected chi connectivity index (χ4v) is 5.03. The Kier molecular flexibility index (Phi) is 5.25. The highest BCUT2D eigenvalue weighted by molar-refractivity contribution is 5.95. The molecule has 2 saturated heterocycles. The molecule has 0 aliphatic carbocycles. The molecule has 1 atom stereocenters. The number of fused-ring (bicyclic) bond motifs is 1. The van der Waals surface area contributed by atoms with Crippen LogP contribution in [0.2, 0.25) is 0 Å². The number of hydrogen-bond donors (Lipinski definition) is 0. The molecule has 3 heterocycles. The zero-order valence-corrected chi connectivity index (χ0v) is 17.9. The molecule has 3 aromatic rings. The van der Waals surface area contributed by atoms with E-state index >= 15 is 0 Å². The van der Waals surface area contributed by atoms with Crippen LogP contribution in [0.4, 0.5) is 5.69 Å². The normalized spacial score (nSPS) is 19.6. The monoisotopic (exact) mass is 413 g/mol. The van der Waals surface area contributed by atoms with Crippen molar-refractivity contribution in [1.29, 1.82) is 5.26 Å². The van der Waals surface area contributed by atoms with Gasteiger partial charge in [-0.1, -0.05) is 42.5 Å². The van der Waals surface area contributed by atoms with E-state index in [-0.39, 0.29) is 11.1 Å². The van der Waals surface area contributed by atoms with Gasteiger partial charge in [-0.15, -0.1) is 0 Å². The molecule has 0 bridgehead atoms. The molecule has 2 aromatic carbocycles. The van der Waals surface area contributed by atoms with Gasteiger partial charge in [0.15, 0.2) is 0 Å². The fraction of sp³-hybridized carbons (Fsp3) is 0.385. The van der Waals surface area contributed by atoms with Crippen molar-refractivity contribution in [3.63, 3.8) is 0 Å². The summed E-state index contributed by atoms with van der Waals surface area (Å²) < 4.78 is 6.98. The van der Waals surface area contributed by atoms with Gasteiger partial charge in [-0.25, -0.2) is 0 Å². The standard InChI is InChI=1S/C26H27N3O2/c1-28-24-14-20(21-16-31-17-21)9-10-22(24)25(23(15-27)26(28)30)29-12-5-8-19(11-13-29)18-6-3-2-4-7-18/h2-4,6-7,9-10,14,19,21H,5,8,11-13,16-17H2,1H3. The van der Waals surface area contributed by atoms with E-state index in [1.54, 1.807) is 11.6 Å². The van der Waals surface area contributed by atoms with E-state index in [1.807, 2.05) is 0 Å². The summed E-state index contributed by atoms with van der Waals surface area (Å²) in [7, 11) is 1.77. The van der Waals surface area contributed by atoms with E-state index in [0.717, 1.165) is 62.2 Å². The van der Waals surface area contributed by atoms with Gasteiger partial charge in [0.2, 0.25) is 0 Å². The number of ether oxygens (including phenoxy) is 1. The molecule has 2 aliphatic rings. The Hall–Kier alpha value is -3.10. The fourth-order valence-electron chi connectivity index (χ4n) is 5.03. The van der Waals surface area contributed by atoms with Gasteiger partial charge in [0.25, 0.3) is 5.56 Å². The first kappa shape index (κ1) is 19.8. The van der Waals surface area contributed by atoms with Crippen LogP contribution in [-0.2, 0) is 11.8 Å². The molecule has 1 unspecified atom stereocenters. The van der Waals surface area contributed by atoms with E-state index in [1.165, 1.54) is 11.1 Å². The Bertz CT molecular complexity index is 1210. The van der Waals surface area contributed by atoms with Crippen LogP contribution in [-0.4, -0.2) is 30.9 Å². The maximum atomic E-state index is 13.1. The van der Waals surface area contributed by atoms with Gasteiger partial charge in [0, 0.05) is 31.4 Å². The predicted molar refractivity (Wildman–Crippen MR) is 123 cm³/mol. The van der Waals surface area contributed by atoms with Crippen LogP contribution in [0.15, 0.2) is 53.3 Å². The molecular weight excluding hydrogens is 386 g/mol. The largest absolute Gasteiger partial charge is 0.380 e. The van der Waals surface area contributed by atoms with E-state index < -0.39 is 0 Å². The summed E-state index contributed by atoms with van der Waals surface area (Å²) in [5.41, 5.74) is 4.33. The molecule has 5 nitrogen and oxygen atoms in total. The molecule has 2 aliphatic heterocycles. The lowest BCUT2D eigenvalue weighted by molar-refractivity contribution is 0.00846. The van der Waals surface area contributed by atoms with Crippen molar-refractivity contribution in [3.8, 4) is 6.07 Å². The molecule has 2 fully saturated rings. The second kappa shape index (κ2) is 8.20. The van der Waals surface area contributed by atoms with Gasteiger partial charge in [-0.2, -0.15) is 5.26 Å². The van der Waals surface area contributed by atoms with Gasteiger partial charge >= 0.3 is 0 Å². The number of aromatic nitrogens is 1. The smallest absolute Gasteiger partial charge is 0.270 e. The van der Waals surface area contributed by atoms with Gasteiger partial charge in [0.1, 0.15) is 11.6 Å².